The van der Waals surface area contributed by atoms with E-state index in [2.05, 4.69) is 31.9 Å². The molecule has 0 spiro atoms. The Morgan fingerprint density at radius 2 is 2.07 bits per heavy atom. The highest BCUT2D eigenvalue weighted by Crippen LogP contribution is 2.20. The first kappa shape index (κ1) is 11.2. The van der Waals surface area contributed by atoms with Gasteiger partial charge in [-0.2, -0.15) is 5.10 Å². The zero-order chi connectivity index (χ0) is 10.7. The molecule has 1 aromatic rings. The van der Waals surface area contributed by atoms with Crippen LogP contribution in [0.4, 0.5) is 0 Å². The molecular weight excluding hydrogens is 174 g/mol. The van der Waals surface area contributed by atoms with E-state index in [-0.39, 0.29) is 6.04 Å². The van der Waals surface area contributed by atoms with Gasteiger partial charge in [-0.1, -0.05) is 13.8 Å². The minimum Gasteiger partial charge on any atom is -0.323 e. The van der Waals surface area contributed by atoms with Crippen LogP contribution < -0.4 is 5.73 Å². The van der Waals surface area contributed by atoms with Crippen molar-refractivity contribution in [2.75, 3.05) is 0 Å². The summed E-state index contributed by atoms with van der Waals surface area (Å²) in [5.74, 6) is 0.528. The van der Waals surface area contributed by atoms with Crippen LogP contribution in [0.15, 0.2) is 6.07 Å². The summed E-state index contributed by atoms with van der Waals surface area (Å²) >= 11 is 0. The molecule has 0 radical (unpaired) electrons. The fraction of sp³-hybridized carbons (Fsp3) is 0.727. The molecule has 1 aromatic heterocycles. The summed E-state index contributed by atoms with van der Waals surface area (Å²) in [6.07, 6.45) is 1.12. The van der Waals surface area contributed by atoms with Crippen molar-refractivity contribution in [3.05, 3.63) is 17.5 Å². The van der Waals surface area contributed by atoms with E-state index in [4.69, 9.17) is 5.73 Å². The average Bonchev–Trinajstić information content (AvgIpc) is 2.60. The second kappa shape index (κ2) is 4.60. The van der Waals surface area contributed by atoms with Crippen molar-refractivity contribution in [2.24, 2.45) is 5.73 Å². The fourth-order valence-corrected chi connectivity index (χ4v) is 1.52. The maximum Gasteiger partial charge on any atom is 0.0656 e. The molecule has 0 aliphatic rings. The summed E-state index contributed by atoms with van der Waals surface area (Å²) in [6.45, 7) is 9.38. The van der Waals surface area contributed by atoms with Gasteiger partial charge in [-0.05, 0) is 32.3 Å². The van der Waals surface area contributed by atoms with Crippen molar-refractivity contribution in [1.29, 1.82) is 0 Å². The van der Waals surface area contributed by atoms with Crippen molar-refractivity contribution in [2.45, 2.75) is 52.6 Å². The average molecular weight is 195 g/mol. The number of hydrogen-bond donors (Lipinski definition) is 1. The molecule has 0 saturated carbocycles. The summed E-state index contributed by atoms with van der Waals surface area (Å²) in [6, 6.07) is 2.21. The molecule has 3 heteroatoms. The number of aryl methyl sites for hydroxylation is 1. The maximum atomic E-state index is 5.88. The van der Waals surface area contributed by atoms with Crippen molar-refractivity contribution in [1.82, 2.24) is 9.78 Å². The SMILES string of the molecule is CCC(C)c1cc([C@H](C)N)n(CC)n1. The van der Waals surface area contributed by atoms with E-state index in [9.17, 15) is 0 Å². The van der Waals surface area contributed by atoms with Gasteiger partial charge in [-0.15, -0.1) is 0 Å². The summed E-state index contributed by atoms with van der Waals surface area (Å²) in [5.41, 5.74) is 8.19. The lowest BCUT2D eigenvalue weighted by Crippen LogP contribution is -2.12. The summed E-state index contributed by atoms with van der Waals surface area (Å²) in [7, 11) is 0. The van der Waals surface area contributed by atoms with E-state index in [0.29, 0.717) is 5.92 Å². The molecule has 1 rings (SSSR count). The Balaban J connectivity index is 3.00. The largest absolute Gasteiger partial charge is 0.323 e. The second-order valence-electron chi connectivity index (χ2n) is 3.91. The number of rotatable bonds is 4. The van der Waals surface area contributed by atoms with Gasteiger partial charge in [0, 0.05) is 12.6 Å². The number of hydrogen-bond acceptors (Lipinski definition) is 2. The topological polar surface area (TPSA) is 43.8 Å². The zero-order valence-electron chi connectivity index (χ0n) is 9.62. The van der Waals surface area contributed by atoms with E-state index in [0.717, 1.165) is 18.7 Å². The Hall–Kier alpha value is -0.830. The zero-order valence-corrected chi connectivity index (χ0v) is 9.62. The molecule has 0 aliphatic carbocycles. The summed E-state index contributed by atoms with van der Waals surface area (Å²) < 4.78 is 2.01. The van der Waals surface area contributed by atoms with E-state index in [1.807, 2.05) is 11.6 Å². The lowest BCUT2D eigenvalue weighted by atomic mass is 10.0. The highest BCUT2D eigenvalue weighted by atomic mass is 15.3. The van der Waals surface area contributed by atoms with E-state index >= 15 is 0 Å². The van der Waals surface area contributed by atoms with E-state index < -0.39 is 0 Å². The quantitative estimate of drug-likeness (QED) is 0.802. The van der Waals surface area contributed by atoms with Gasteiger partial charge in [0.2, 0.25) is 0 Å². The first-order chi connectivity index (χ1) is 6.60. The molecule has 14 heavy (non-hydrogen) atoms. The Kier molecular flexibility index (Phi) is 3.69. The van der Waals surface area contributed by atoms with Gasteiger partial charge in [-0.25, -0.2) is 0 Å². The molecule has 1 unspecified atom stereocenters. The van der Waals surface area contributed by atoms with Crippen LogP contribution in [-0.4, -0.2) is 9.78 Å². The minimum atomic E-state index is 0.0697. The van der Waals surface area contributed by atoms with Crippen LogP contribution in [0.5, 0.6) is 0 Å². The Morgan fingerprint density at radius 1 is 1.43 bits per heavy atom. The first-order valence-corrected chi connectivity index (χ1v) is 5.43. The van der Waals surface area contributed by atoms with Crippen LogP contribution in [-0.2, 0) is 6.54 Å². The highest BCUT2D eigenvalue weighted by Gasteiger charge is 2.13. The standard InChI is InChI=1S/C11H21N3/c1-5-8(3)10-7-11(9(4)12)14(6-2)13-10/h7-9H,5-6,12H2,1-4H3/t8?,9-/m0/s1. The van der Waals surface area contributed by atoms with Crippen molar-refractivity contribution in [3.8, 4) is 0 Å². The van der Waals surface area contributed by atoms with E-state index in [1.54, 1.807) is 0 Å². The summed E-state index contributed by atoms with van der Waals surface area (Å²) in [5, 5.41) is 4.56. The fourth-order valence-electron chi connectivity index (χ4n) is 1.52. The molecule has 0 aromatic carbocycles. The molecular formula is C11H21N3. The Labute approximate surface area is 86.3 Å². The predicted molar refractivity (Wildman–Crippen MR) is 59.2 cm³/mol. The normalized spacial score (nSPS) is 15.5. The summed E-state index contributed by atoms with van der Waals surface area (Å²) in [4.78, 5) is 0. The lowest BCUT2D eigenvalue weighted by molar-refractivity contribution is 0.574. The third-order valence-electron chi connectivity index (χ3n) is 2.71. The monoisotopic (exact) mass is 195 g/mol. The molecule has 1 heterocycles. The molecule has 0 aliphatic heterocycles. The van der Waals surface area contributed by atoms with Gasteiger partial charge in [0.1, 0.15) is 0 Å². The molecule has 0 bridgehead atoms. The van der Waals surface area contributed by atoms with Crippen molar-refractivity contribution in [3.63, 3.8) is 0 Å². The van der Waals surface area contributed by atoms with Gasteiger partial charge >= 0.3 is 0 Å². The lowest BCUT2D eigenvalue weighted by Gasteiger charge is -2.06. The van der Waals surface area contributed by atoms with Gasteiger partial charge in [-0.3, -0.25) is 4.68 Å². The first-order valence-electron chi connectivity index (χ1n) is 5.43. The molecule has 0 amide bonds. The second-order valence-corrected chi connectivity index (χ2v) is 3.91. The molecule has 0 saturated heterocycles. The Morgan fingerprint density at radius 3 is 2.43 bits per heavy atom. The van der Waals surface area contributed by atoms with Crippen LogP contribution in [0.2, 0.25) is 0 Å². The predicted octanol–water partition coefficient (Wildman–Crippen LogP) is 2.44. The van der Waals surface area contributed by atoms with Crippen molar-refractivity contribution >= 4 is 0 Å². The van der Waals surface area contributed by atoms with Crippen LogP contribution in [0, 0.1) is 0 Å². The third-order valence-corrected chi connectivity index (χ3v) is 2.71. The van der Waals surface area contributed by atoms with Gasteiger partial charge < -0.3 is 5.73 Å². The van der Waals surface area contributed by atoms with Gasteiger partial charge in [0.25, 0.3) is 0 Å². The van der Waals surface area contributed by atoms with E-state index in [1.165, 1.54) is 5.69 Å². The third kappa shape index (κ3) is 2.15. The molecule has 80 valence electrons. The number of aromatic nitrogens is 2. The molecule has 2 N–H and O–H groups in total. The maximum absolute atomic E-state index is 5.88. The Bertz CT molecular complexity index is 289. The minimum absolute atomic E-state index is 0.0697. The van der Waals surface area contributed by atoms with Gasteiger partial charge in [0.15, 0.2) is 0 Å². The molecule has 3 nitrogen and oxygen atoms in total. The van der Waals surface area contributed by atoms with Crippen LogP contribution in [0.25, 0.3) is 0 Å². The smallest absolute Gasteiger partial charge is 0.0656 e. The van der Waals surface area contributed by atoms with Crippen LogP contribution in [0.1, 0.15) is 57.5 Å². The highest BCUT2D eigenvalue weighted by molar-refractivity contribution is 5.16. The molecule has 0 fully saturated rings. The molecule has 2 atom stereocenters. The van der Waals surface area contributed by atoms with Gasteiger partial charge in [0.05, 0.1) is 11.4 Å². The van der Waals surface area contributed by atoms with Crippen molar-refractivity contribution < 1.29 is 0 Å². The van der Waals surface area contributed by atoms with Crippen LogP contribution >= 0.6 is 0 Å². The van der Waals surface area contributed by atoms with Crippen LogP contribution in [0.3, 0.4) is 0 Å². The number of nitrogens with zero attached hydrogens (tertiary/aromatic N) is 2. The number of nitrogens with two attached hydrogens (primary N) is 1.